The highest BCUT2D eigenvalue weighted by molar-refractivity contribution is 5.79. The molecule has 0 bridgehead atoms. The summed E-state index contributed by atoms with van der Waals surface area (Å²) in [6.45, 7) is -0.209. The van der Waals surface area contributed by atoms with Crippen LogP contribution in [0, 0.1) is 0 Å². The maximum absolute atomic E-state index is 11.6. The fourth-order valence-electron chi connectivity index (χ4n) is 0.666. The van der Waals surface area contributed by atoms with Crippen molar-refractivity contribution < 1.29 is 27.2 Å². The lowest BCUT2D eigenvalue weighted by atomic mass is 10.4. The van der Waals surface area contributed by atoms with E-state index < -0.39 is 24.7 Å². The zero-order chi connectivity index (χ0) is 11.8. The van der Waals surface area contributed by atoms with Crippen molar-refractivity contribution in [1.82, 2.24) is 10.6 Å². The third-order valence-electron chi connectivity index (χ3n) is 1.35. The van der Waals surface area contributed by atoms with Crippen LogP contribution in [0.4, 0.5) is 17.6 Å². The highest BCUT2D eigenvalue weighted by Gasteiger charge is 2.15. The summed E-state index contributed by atoms with van der Waals surface area (Å²) in [6.07, 6.45) is -6.09. The molecule has 0 saturated carbocycles. The van der Waals surface area contributed by atoms with E-state index in [1.54, 1.807) is 0 Å². The molecule has 0 atom stereocenters. The van der Waals surface area contributed by atoms with Gasteiger partial charge in [-0.3, -0.25) is 9.59 Å². The van der Waals surface area contributed by atoms with Gasteiger partial charge in [-0.1, -0.05) is 0 Å². The molecule has 4 nitrogen and oxygen atoms in total. The van der Waals surface area contributed by atoms with Gasteiger partial charge in [0.2, 0.25) is 0 Å². The van der Waals surface area contributed by atoms with Crippen LogP contribution in [0.5, 0.6) is 0 Å². The number of carbonyl (C=O) groups is 2. The summed E-state index contributed by atoms with van der Waals surface area (Å²) in [6, 6.07) is 0. The molecule has 88 valence electrons. The molecule has 15 heavy (non-hydrogen) atoms. The Kier molecular flexibility index (Phi) is 6.39. The molecule has 0 aliphatic heterocycles. The molecule has 0 rings (SSSR count). The summed E-state index contributed by atoms with van der Waals surface area (Å²) in [5, 5.41) is 3.71. The number of amides is 2. The zero-order valence-corrected chi connectivity index (χ0v) is 7.60. The summed E-state index contributed by atoms with van der Waals surface area (Å²) < 4.78 is 46.4. The molecule has 0 spiro atoms. The smallest absolute Gasteiger partial charge is 0.315 e. The second-order valence-corrected chi connectivity index (χ2v) is 2.54. The molecule has 8 heteroatoms. The average Bonchev–Trinajstić information content (AvgIpc) is 2.16. The zero-order valence-electron chi connectivity index (χ0n) is 7.60. The maximum atomic E-state index is 11.6. The maximum Gasteiger partial charge on any atom is 0.315 e. The Morgan fingerprint density at radius 1 is 0.867 bits per heavy atom. The third-order valence-corrected chi connectivity index (χ3v) is 1.35. The summed E-state index contributed by atoms with van der Waals surface area (Å²) in [7, 11) is 0. The van der Waals surface area contributed by atoms with Crippen LogP contribution in [0.2, 0.25) is 0 Å². The summed E-state index contributed by atoms with van der Waals surface area (Å²) in [4.78, 5) is 20.6. The van der Waals surface area contributed by atoms with Crippen molar-refractivity contribution in [2.24, 2.45) is 0 Å². The molecule has 0 aromatic rings. The molecular weight excluding hydrogens is 220 g/mol. The van der Waals surface area contributed by atoms with Gasteiger partial charge in [0.25, 0.3) is 11.8 Å². The Hall–Kier alpha value is -1.34. The van der Waals surface area contributed by atoms with Crippen LogP contribution in [0.1, 0.15) is 6.42 Å². The fourth-order valence-corrected chi connectivity index (χ4v) is 0.666. The highest BCUT2D eigenvalue weighted by atomic mass is 19.3. The first-order valence-electron chi connectivity index (χ1n) is 4.07. The standard InChI is InChI=1S/C7H10F4N2O2/c8-4(9)6(14)12-2-1-3-13-7(15)5(10)11/h4-5H,1-3H2,(H,12,14)(H,13,15). The predicted molar refractivity (Wildman–Crippen MR) is 42.6 cm³/mol. The molecule has 0 aliphatic rings. The Balaban J connectivity index is 3.40. The molecule has 0 unspecified atom stereocenters. The number of carbonyl (C=O) groups excluding carboxylic acids is 2. The van der Waals surface area contributed by atoms with E-state index in [1.165, 1.54) is 0 Å². The van der Waals surface area contributed by atoms with Crippen LogP contribution < -0.4 is 10.6 Å². The third kappa shape index (κ3) is 6.69. The van der Waals surface area contributed by atoms with Gasteiger partial charge in [0.15, 0.2) is 0 Å². The van der Waals surface area contributed by atoms with Gasteiger partial charge in [-0.05, 0) is 6.42 Å². The minimum Gasteiger partial charge on any atom is -0.351 e. The number of hydrogen-bond donors (Lipinski definition) is 2. The fraction of sp³-hybridized carbons (Fsp3) is 0.714. The SMILES string of the molecule is O=C(NCCCNC(=O)C(F)F)C(F)F. The Bertz CT molecular complexity index is 201. The molecule has 0 aromatic carbocycles. The highest BCUT2D eigenvalue weighted by Crippen LogP contribution is 1.92. The first-order valence-corrected chi connectivity index (χ1v) is 4.07. The molecule has 2 amide bonds. The van der Waals surface area contributed by atoms with E-state index in [4.69, 9.17) is 0 Å². The molecule has 0 heterocycles. The van der Waals surface area contributed by atoms with E-state index in [0.717, 1.165) is 0 Å². The van der Waals surface area contributed by atoms with Crippen LogP contribution in [-0.2, 0) is 9.59 Å². The molecule has 0 saturated heterocycles. The van der Waals surface area contributed by atoms with E-state index in [9.17, 15) is 27.2 Å². The summed E-state index contributed by atoms with van der Waals surface area (Å²) in [5.74, 6) is -2.84. The van der Waals surface area contributed by atoms with Crippen molar-refractivity contribution in [1.29, 1.82) is 0 Å². The topological polar surface area (TPSA) is 58.2 Å². The van der Waals surface area contributed by atoms with Gasteiger partial charge in [-0.15, -0.1) is 0 Å². The van der Waals surface area contributed by atoms with Gasteiger partial charge in [-0.2, -0.15) is 17.6 Å². The van der Waals surface area contributed by atoms with Gasteiger partial charge in [0, 0.05) is 13.1 Å². The van der Waals surface area contributed by atoms with Gasteiger partial charge in [0.05, 0.1) is 0 Å². The van der Waals surface area contributed by atoms with Crippen LogP contribution in [0.3, 0.4) is 0 Å². The number of halogens is 4. The van der Waals surface area contributed by atoms with Crippen molar-refractivity contribution in [2.75, 3.05) is 13.1 Å². The second kappa shape index (κ2) is 7.02. The lowest BCUT2D eigenvalue weighted by Gasteiger charge is -2.05. The van der Waals surface area contributed by atoms with Crippen molar-refractivity contribution in [3.05, 3.63) is 0 Å². The van der Waals surface area contributed by atoms with Crippen LogP contribution >= 0.6 is 0 Å². The van der Waals surface area contributed by atoms with Crippen LogP contribution in [-0.4, -0.2) is 37.8 Å². The first-order chi connectivity index (χ1) is 6.95. The van der Waals surface area contributed by atoms with Crippen molar-refractivity contribution in [3.8, 4) is 0 Å². The first kappa shape index (κ1) is 13.7. The van der Waals surface area contributed by atoms with Crippen molar-refractivity contribution in [3.63, 3.8) is 0 Å². The molecular formula is C7H10F4N2O2. The monoisotopic (exact) mass is 230 g/mol. The number of nitrogens with one attached hydrogen (secondary N) is 2. The van der Waals surface area contributed by atoms with Crippen molar-refractivity contribution >= 4 is 11.8 Å². The van der Waals surface area contributed by atoms with E-state index in [0.29, 0.717) is 0 Å². The average molecular weight is 230 g/mol. The van der Waals surface area contributed by atoms with E-state index in [-0.39, 0.29) is 19.5 Å². The molecule has 2 N–H and O–H groups in total. The lowest BCUT2D eigenvalue weighted by Crippen LogP contribution is -2.34. The number of rotatable bonds is 6. The molecule has 0 aliphatic carbocycles. The second-order valence-electron chi connectivity index (χ2n) is 2.54. The number of alkyl halides is 4. The minimum atomic E-state index is -3.10. The Morgan fingerprint density at radius 2 is 1.20 bits per heavy atom. The van der Waals surface area contributed by atoms with Gasteiger partial charge in [0.1, 0.15) is 0 Å². The summed E-state index contributed by atoms with van der Waals surface area (Å²) >= 11 is 0. The predicted octanol–water partition coefficient (Wildman–Crippen LogP) is 0.139. The van der Waals surface area contributed by atoms with E-state index in [2.05, 4.69) is 0 Å². The Morgan fingerprint density at radius 3 is 1.47 bits per heavy atom. The Labute approximate surface area is 83.0 Å². The number of hydrogen-bond acceptors (Lipinski definition) is 2. The van der Waals surface area contributed by atoms with Gasteiger partial charge < -0.3 is 10.6 Å². The largest absolute Gasteiger partial charge is 0.351 e. The van der Waals surface area contributed by atoms with Crippen LogP contribution in [0.25, 0.3) is 0 Å². The van der Waals surface area contributed by atoms with Gasteiger partial charge in [-0.25, -0.2) is 0 Å². The normalized spacial score (nSPS) is 10.5. The van der Waals surface area contributed by atoms with E-state index in [1.807, 2.05) is 10.6 Å². The quantitative estimate of drug-likeness (QED) is 0.503. The lowest BCUT2D eigenvalue weighted by molar-refractivity contribution is -0.131. The van der Waals surface area contributed by atoms with Crippen LogP contribution in [0.15, 0.2) is 0 Å². The molecule has 0 fully saturated rings. The van der Waals surface area contributed by atoms with Gasteiger partial charge >= 0.3 is 12.9 Å². The molecule has 0 aromatic heterocycles. The van der Waals surface area contributed by atoms with E-state index >= 15 is 0 Å². The van der Waals surface area contributed by atoms with Crippen molar-refractivity contribution in [2.45, 2.75) is 19.3 Å². The minimum absolute atomic E-state index is 0.104. The summed E-state index contributed by atoms with van der Waals surface area (Å²) in [5.41, 5.74) is 0. The molecule has 0 radical (unpaired) electrons.